The van der Waals surface area contributed by atoms with E-state index in [1.165, 1.54) is 15.6 Å². The molecule has 0 saturated carbocycles. The van der Waals surface area contributed by atoms with Crippen LogP contribution in [0.25, 0.3) is 0 Å². The zero-order valence-electron chi connectivity index (χ0n) is 9.86. The molecule has 0 aliphatic carbocycles. The molecule has 1 N–H and O–H groups in total. The highest BCUT2D eigenvalue weighted by atomic mass is 32.2. The molecule has 0 unspecified atom stereocenters. The van der Waals surface area contributed by atoms with E-state index in [-0.39, 0.29) is 0 Å². The predicted octanol–water partition coefficient (Wildman–Crippen LogP) is 1.50. The van der Waals surface area contributed by atoms with Crippen molar-refractivity contribution in [1.82, 2.24) is 9.62 Å². The average molecular weight is 262 g/mol. The van der Waals surface area contributed by atoms with E-state index in [1.807, 2.05) is 0 Å². The lowest BCUT2D eigenvalue weighted by Gasteiger charge is -2.08. The minimum Gasteiger partial charge on any atom is -0.312 e. The second kappa shape index (κ2) is 5.77. The highest BCUT2D eigenvalue weighted by Gasteiger charge is 2.18. The van der Waals surface area contributed by atoms with Gasteiger partial charge >= 0.3 is 0 Å². The molecule has 0 bridgehead atoms. The Morgan fingerprint density at radius 1 is 1.44 bits per heavy atom. The fraction of sp³-hybridized carbons (Fsp3) is 0.600. The Bertz CT molecular complexity index is 424. The molecule has 1 aromatic heterocycles. The van der Waals surface area contributed by atoms with Gasteiger partial charge in [-0.15, -0.1) is 11.3 Å². The van der Waals surface area contributed by atoms with Gasteiger partial charge in [0.1, 0.15) is 0 Å². The van der Waals surface area contributed by atoms with Crippen molar-refractivity contribution >= 4 is 21.4 Å². The minimum atomic E-state index is -3.27. The van der Waals surface area contributed by atoms with E-state index in [2.05, 4.69) is 12.2 Å². The summed E-state index contributed by atoms with van der Waals surface area (Å²) in [5.41, 5.74) is 0. The Morgan fingerprint density at radius 2 is 2.12 bits per heavy atom. The van der Waals surface area contributed by atoms with E-state index in [9.17, 15) is 8.42 Å². The lowest BCUT2D eigenvalue weighted by Crippen LogP contribution is -2.21. The molecule has 0 amide bonds. The predicted molar refractivity (Wildman–Crippen MR) is 67.2 cm³/mol. The molecule has 0 fully saturated rings. The van der Waals surface area contributed by atoms with Crippen molar-refractivity contribution in [3.8, 4) is 0 Å². The molecule has 4 nitrogen and oxygen atoms in total. The van der Waals surface area contributed by atoms with Crippen LogP contribution in [0.15, 0.2) is 16.3 Å². The highest BCUT2D eigenvalue weighted by molar-refractivity contribution is 7.89. The van der Waals surface area contributed by atoms with Crippen LogP contribution in [0.4, 0.5) is 0 Å². The van der Waals surface area contributed by atoms with E-state index < -0.39 is 10.0 Å². The van der Waals surface area contributed by atoms with Gasteiger partial charge in [-0.25, -0.2) is 12.7 Å². The van der Waals surface area contributed by atoms with E-state index in [1.54, 1.807) is 25.5 Å². The Balaban J connectivity index is 2.72. The number of sulfonamides is 1. The SMILES string of the molecule is CCCNCc1cc(S(=O)(=O)N(C)C)cs1. The minimum absolute atomic E-state index is 0.385. The van der Waals surface area contributed by atoms with Crippen molar-refractivity contribution in [3.63, 3.8) is 0 Å². The monoisotopic (exact) mass is 262 g/mol. The van der Waals surface area contributed by atoms with Gasteiger partial charge in [0.2, 0.25) is 10.0 Å². The van der Waals surface area contributed by atoms with Crippen LogP contribution in [0.3, 0.4) is 0 Å². The normalized spacial score (nSPS) is 12.2. The van der Waals surface area contributed by atoms with Crippen LogP contribution in [-0.2, 0) is 16.6 Å². The van der Waals surface area contributed by atoms with E-state index in [0.29, 0.717) is 4.90 Å². The number of hydrogen-bond donors (Lipinski definition) is 1. The molecule has 16 heavy (non-hydrogen) atoms. The number of nitrogens with one attached hydrogen (secondary N) is 1. The molecule has 92 valence electrons. The first-order valence-corrected chi connectivity index (χ1v) is 7.51. The molecule has 1 rings (SSSR count). The van der Waals surface area contributed by atoms with Gasteiger partial charge in [-0.05, 0) is 19.0 Å². The van der Waals surface area contributed by atoms with Crippen LogP contribution in [0.2, 0.25) is 0 Å². The molecule has 0 saturated heterocycles. The van der Waals surface area contributed by atoms with Gasteiger partial charge in [-0.2, -0.15) is 0 Å². The number of thiophene rings is 1. The molecule has 6 heteroatoms. The fourth-order valence-corrected chi connectivity index (χ4v) is 3.32. The molecule has 0 aliphatic heterocycles. The molecule has 1 heterocycles. The Morgan fingerprint density at radius 3 is 2.69 bits per heavy atom. The first-order valence-electron chi connectivity index (χ1n) is 5.19. The van der Waals surface area contributed by atoms with Gasteiger partial charge in [0.25, 0.3) is 0 Å². The van der Waals surface area contributed by atoms with E-state index >= 15 is 0 Å². The third-order valence-corrected chi connectivity index (χ3v) is 5.01. The molecule has 0 aliphatic rings. The quantitative estimate of drug-likeness (QED) is 0.790. The molecule has 0 radical (unpaired) electrons. The van der Waals surface area contributed by atoms with Crippen LogP contribution in [-0.4, -0.2) is 33.4 Å². The van der Waals surface area contributed by atoms with Gasteiger partial charge in [-0.3, -0.25) is 0 Å². The zero-order valence-corrected chi connectivity index (χ0v) is 11.5. The topological polar surface area (TPSA) is 49.4 Å². The van der Waals surface area contributed by atoms with Crippen LogP contribution in [0.5, 0.6) is 0 Å². The molecule has 0 aromatic carbocycles. The van der Waals surface area contributed by atoms with Crippen molar-refractivity contribution < 1.29 is 8.42 Å². The van der Waals surface area contributed by atoms with E-state index in [0.717, 1.165) is 24.4 Å². The van der Waals surface area contributed by atoms with Crippen molar-refractivity contribution in [3.05, 3.63) is 16.3 Å². The van der Waals surface area contributed by atoms with Crippen molar-refractivity contribution in [2.45, 2.75) is 24.8 Å². The lowest BCUT2D eigenvalue weighted by molar-refractivity contribution is 0.521. The third kappa shape index (κ3) is 3.28. The van der Waals surface area contributed by atoms with Crippen LogP contribution in [0, 0.1) is 0 Å². The second-order valence-corrected chi connectivity index (χ2v) is 6.86. The van der Waals surface area contributed by atoms with Gasteiger partial charge in [0, 0.05) is 30.9 Å². The molecular weight excluding hydrogens is 244 g/mol. The summed E-state index contributed by atoms with van der Waals surface area (Å²) >= 11 is 1.48. The standard InChI is InChI=1S/C10H18N2O2S2/c1-4-5-11-7-9-6-10(8-15-9)16(13,14)12(2)3/h6,8,11H,4-5,7H2,1-3H3. The van der Waals surface area contributed by atoms with Gasteiger partial charge in [-0.1, -0.05) is 6.92 Å². The Kier molecular flexibility index (Phi) is 4.91. The summed E-state index contributed by atoms with van der Waals surface area (Å²) in [4.78, 5) is 1.43. The first kappa shape index (κ1) is 13.6. The summed E-state index contributed by atoms with van der Waals surface area (Å²) in [5.74, 6) is 0. The molecule has 0 atom stereocenters. The van der Waals surface area contributed by atoms with Gasteiger partial charge in [0.05, 0.1) is 4.90 Å². The first-order chi connectivity index (χ1) is 7.48. The number of hydrogen-bond acceptors (Lipinski definition) is 4. The third-order valence-electron chi connectivity index (χ3n) is 2.13. The van der Waals surface area contributed by atoms with Crippen molar-refractivity contribution in [1.29, 1.82) is 0 Å². The molecule has 1 aromatic rings. The summed E-state index contributed by atoms with van der Waals surface area (Å²) in [7, 11) is -0.183. The largest absolute Gasteiger partial charge is 0.312 e. The van der Waals surface area contributed by atoms with Gasteiger partial charge in [0.15, 0.2) is 0 Å². The summed E-state index contributed by atoms with van der Waals surface area (Å²) < 4.78 is 24.8. The maximum absolute atomic E-state index is 11.8. The highest BCUT2D eigenvalue weighted by Crippen LogP contribution is 2.21. The molecular formula is C10H18N2O2S2. The summed E-state index contributed by atoms with van der Waals surface area (Å²) in [6.45, 7) is 3.79. The van der Waals surface area contributed by atoms with E-state index in [4.69, 9.17) is 0 Å². The number of nitrogens with zero attached hydrogens (tertiary/aromatic N) is 1. The maximum Gasteiger partial charge on any atom is 0.243 e. The Labute approximate surface area is 101 Å². The molecule has 0 spiro atoms. The Hall–Kier alpha value is -0.430. The van der Waals surface area contributed by atoms with Crippen LogP contribution >= 0.6 is 11.3 Å². The summed E-state index contributed by atoms with van der Waals surface area (Å²) in [5, 5.41) is 4.94. The zero-order chi connectivity index (χ0) is 12.2. The summed E-state index contributed by atoms with van der Waals surface area (Å²) in [6, 6.07) is 1.74. The van der Waals surface area contributed by atoms with Crippen LogP contribution < -0.4 is 5.32 Å². The van der Waals surface area contributed by atoms with Crippen LogP contribution in [0.1, 0.15) is 18.2 Å². The fourth-order valence-electron chi connectivity index (χ4n) is 1.19. The van der Waals surface area contributed by atoms with Crippen molar-refractivity contribution in [2.24, 2.45) is 0 Å². The average Bonchev–Trinajstić information content (AvgIpc) is 2.67. The van der Waals surface area contributed by atoms with Crippen molar-refractivity contribution in [2.75, 3.05) is 20.6 Å². The lowest BCUT2D eigenvalue weighted by atomic mass is 10.4. The van der Waals surface area contributed by atoms with Gasteiger partial charge < -0.3 is 5.32 Å². The second-order valence-electron chi connectivity index (χ2n) is 3.71. The number of rotatable bonds is 6. The maximum atomic E-state index is 11.8. The summed E-state index contributed by atoms with van der Waals surface area (Å²) in [6.07, 6.45) is 1.08. The smallest absolute Gasteiger partial charge is 0.243 e.